The van der Waals surface area contributed by atoms with E-state index in [9.17, 15) is 13.2 Å². The third-order valence-electron chi connectivity index (χ3n) is 5.77. The van der Waals surface area contributed by atoms with Crippen LogP contribution in [-0.4, -0.2) is 43.7 Å². The zero-order valence-electron chi connectivity index (χ0n) is 15.2. The summed E-state index contributed by atoms with van der Waals surface area (Å²) in [6.45, 7) is 0. The number of fused-ring (bicyclic) bond motifs is 2. The minimum atomic E-state index is -3.38. The number of nitrogens with zero attached hydrogens (tertiary/aromatic N) is 1. The quantitative estimate of drug-likeness (QED) is 0.810. The molecule has 0 aliphatic carbocycles. The van der Waals surface area contributed by atoms with Crippen LogP contribution >= 0.6 is 0 Å². The van der Waals surface area contributed by atoms with E-state index in [1.165, 1.54) is 0 Å². The van der Waals surface area contributed by atoms with Crippen LogP contribution in [0, 0.1) is 0 Å². The minimum Gasteiger partial charge on any atom is -0.496 e. The standard InChI is InChI=1S/C21H23NO4S/c1-26-20-10-6-5-9-19(20)21(23)22-15-11-12-16(22)14-18(13-15)27(24,25)17-7-3-2-4-8-17/h2-10,15-16,18H,11-14H2,1H3. The van der Waals surface area contributed by atoms with Crippen molar-refractivity contribution in [2.75, 3.05) is 7.11 Å². The lowest BCUT2D eigenvalue weighted by molar-refractivity contribution is 0.0595. The summed E-state index contributed by atoms with van der Waals surface area (Å²) in [6, 6.07) is 15.8. The molecule has 2 aromatic carbocycles. The van der Waals surface area contributed by atoms with Gasteiger partial charge in [0.05, 0.1) is 22.8 Å². The number of sulfone groups is 1. The van der Waals surface area contributed by atoms with Gasteiger partial charge in [0.25, 0.3) is 5.91 Å². The molecular formula is C21H23NO4S. The van der Waals surface area contributed by atoms with Gasteiger partial charge in [-0.3, -0.25) is 4.79 Å². The van der Waals surface area contributed by atoms with Gasteiger partial charge in [-0.2, -0.15) is 0 Å². The predicted molar refractivity (Wildman–Crippen MR) is 103 cm³/mol. The first-order valence-corrected chi connectivity index (χ1v) is 10.8. The monoisotopic (exact) mass is 385 g/mol. The summed E-state index contributed by atoms with van der Waals surface area (Å²) in [5, 5.41) is -0.431. The first-order chi connectivity index (χ1) is 13.0. The summed E-state index contributed by atoms with van der Waals surface area (Å²) < 4.78 is 31.4. The molecule has 2 saturated heterocycles. The molecule has 2 heterocycles. The molecule has 5 nitrogen and oxygen atoms in total. The van der Waals surface area contributed by atoms with Crippen LogP contribution in [0.5, 0.6) is 5.75 Å². The van der Waals surface area contributed by atoms with Gasteiger partial charge in [0.2, 0.25) is 0 Å². The van der Waals surface area contributed by atoms with Crippen LogP contribution in [0.3, 0.4) is 0 Å². The van der Waals surface area contributed by atoms with Gasteiger partial charge in [-0.15, -0.1) is 0 Å². The normalized spacial score (nSPS) is 24.6. The Kier molecular flexibility index (Phi) is 4.68. The molecule has 2 fully saturated rings. The Morgan fingerprint density at radius 3 is 2.19 bits per heavy atom. The van der Waals surface area contributed by atoms with Crippen LogP contribution in [-0.2, 0) is 9.84 Å². The number of amides is 1. The maximum absolute atomic E-state index is 13.2. The van der Waals surface area contributed by atoms with Gasteiger partial charge in [-0.05, 0) is 49.9 Å². The van der Waals surface area contributed by atoms with E-state index >= 15 is 0 Å². The summed E-state index contributed by atoms with van der Waals surface area (Å²) in [7, 11) is -1.82. The van der Waals surface area contributed by atoms with Gasteiger partial charge in [0.1, 0.15) is 5.75 Å². The molecule has 0 N–H and O–H groups in total. The van der Waals surface area contributed by atoms with E-state index in [2.05, 4.69) is 0 Å². The van der Waals surface area contributed by atoms with Crippen LogP contribution in [0.2, 0.25) is 0 Å². The number of hydrogen-bond donors (Lipinski definition) is 0. The molecule has 0 spiro atoms. The second kappa shape index (κ2) is 7.00. The molecule has 2 bridgehead atoms. The summed E-state index contributed by atoms with van der Waals surface area (Å²) in [4.78, 5) is 15.4. The average molecular weight is 385 g/mol. The van der Waals surface area contributed by atoms with Crippen molar-refractivity contribution in [3.05, 3.63) is 60.2 Å². The minimum absolute atomic E-state index is 0.0374. The number of piperidine rings is 1. The Morgan fingerprint density at radius 1 is 0.963 bits per heavy atom. The van der Waals surface area contributed by atoms with Crippen molar-refractivity contribution in [2.45, 2.75) is 47.9 Å². The fourth-order valence-electron chi connectivity index (χ4n) is 4.48. The highest BCUT2D eigenvalue weighted by Crippen LogP contribution is 2.41. The van der Waals surface area contributed by atoms with Crippen LogP contribution in [0.1, 0.15) is 36.0 Å². The van der Waals surface area contributed by atoms with Gasteiger partial charge in [-0.25, -0.2) is 8.42 Å². The number of para-hydroxylation sites is 1. The van der Waals surface area contributed by atoms with Gasteiger partial charge in [0, 0.05) is 12.1 Å². The van der Waals surface area contributed by atoms with E-state index in [1.54, 1.807) is 43.5 Å². The first kappa shape index (κ1) is 18.0. The van der Waals surface area contributed by atoms with Crippen LogP contribution in [0.4, 0.5) is 0 Å². The lowest BCUT2D eigenvalue weighted by atomic mass is 10.0. The lowest BCUT2D eigenvalue weighted by Crippen LogP contribution is -2.49. The number of ether oxygens (including phenoxy) is 1. The molecular weight excluding hydrogens is 362 g/mol. The molecule has 2 atom stereocenters. The molecule has 0 aromatic heterocycles. The maximum atomic E-state index is 13.2. The molecule has 1 amide bonds. The Labute approximate surface area is 159 Å². The SMILES string of the molecule is COc1ccccc1C(=O)N1C2CCC1CC(S(=O)(=O)c1ccccc1)C2. The summed E-state index contributed by atoms with van der Waals surface area (Å²) in [5.74, 6) is 0.497. The van der Waals surface area contributed by atoms with Crippen molar-refractivity contribution in [3.8, 4) is 5.75 Å². The van der Waals surface area contributed by atoms with Crippen LogP contribution in [0.15, 0.2) is 59.5 Å². The highest BCUT2D eigenvalue weighted by atomic mass is 32.2. The van der Waals surface area contributed by atoms with E-state index < -0.39 is 15.1 Å². The second-order valence-corrected chi connectivity index (χ2v) is 9.48. The lowest BCUT2D eigenvalue weighted by Gasteiger charge is -2.39. The molecule has 6 heteroatoms. The molecule has 0 radical (unpaired) electrons. The molecule has 2 aliphatic heterocycles. The summed E-state index contributed by atoms with van der Waals surface area (Å²) in [6.07, 6.45) is 2.70. The molecule has 4 rings (SSSR count). The zero-order valence-corrected chi connectivity index (χ0v) is 16.1. The topological polar surface area (TPSA) is 63.7 Å². The Morgan fingerprint density at radius 2 is 1.56 bits per heavy atom. The number of carbonyl (C=O) groups is 1. The van der Waals surface area contributed by atoms with Crippen molar-refractivity contribution < 1.29 is 17.9 Å². The van der Waals surface area contributed by atoms with E-state index in [0.717, 1.165) is 12.8 Å². The maximum Gasteiger partial charge on any atom is 0.258 e. The number of carbonyl (C=O) groups excluding carboxylic acids is 1. The van der Waals surface area contributed by atoms with Gasteiger partial charge >= 0.3 is 0 Å². The summed E-state index contributed by atoms with van der Waals surface area (Å²) >= 11 is 0. The molecule has 0 saturated carbocycles. The number of rotatable bonds is 4. The number of benzene rings is 2. The van der Waals surface area contributed by atoms with Crippen molar-refractivity contribution in [1.82, 2.24) is 4.90 Å². The van der Waals surface area contributed by atoms with Crippen LogP contribution < -0.4 is 4.74 Å². The third-order valence-corrected chi connectivity index (χ3v) is 7.96. The van der Waals surface area contributed by atoms with E-state index in [-0.39, 0.29) is 18.0 Å². The van der Waals surface area contributed by atoms with Gasteiger partial charge in [0.15, 0.2) is 9.84 Å². The van der Waals surface area contributed by atoms with Crippen molar-refractivity contribution >= 4 is 15.7 Å². The second-order valence-electron chi connectivity index (χ2n) is 7.25. The Hall–Kier alpha value is -2.34. The highest BCUT2D eigenvalue weighted by molar-refractivity contribution is 7.92. The largest absolute Gasteiger partial charge is 0.496 e. The average Bonchev–Trinajstić information content (AvgIpc) is 2.96. The number of methoxy groups -OCH3 is 1. The number of hydrogen-bond acceptors (Lipinski definition) is 4. The smallest absolute Gasteiger partial charge is 0.258 e. The summed E-state index contributed by atoms with van der Waals surface area (Å²) in [5.41, 5.74) is 0.543. The Bertz CT molecular complexity index is 928. The Balaban J connectivity index is 1.59. The van der Waals surface area contributed by atoms with E-state index in [0.29, 0.717) is 29.1 Å². The molecule has 2 aliphatic rings. The third kappa shape index (κ3) is 3.12. The fourth-order valence-corrected chi connectivity index (χ4v) is 6.35. The van der Waals surface area contributed by atoms with Crippen molar-refractivity contribution in [1.29, 1.82) is 0 Å². The zero-order chi connectivity index (χ0) is 19.0. The first-order valence-electron chi connectivity index (χ1n) is 9.27. The predicted octanol–water partition coefficient (Wildman–Crippen LogP) is 3.30. The van der Waals surface area contributed by atoms with Crippen molar-refractivity contribution in [2.24, 2.45) is 0 Å². The van der Waals surface area contributed by atoms with Gasteiger partial charge in [-0.1, -0.05) is 30.3 Å². The van der Waals surface area contributed by atoms with Crippen LogP contribution in [0.25, 0.3) is 0 Å². The highest BCUT2D eigenvalue weighted by Gasteiger charge is 2.47. The van der Waals surface area contributed by atoms with Crippen molar-refractivity contribution in [3.63, 3.8) is 0 Å². The molecule has 27 heavy (non-hydrogen) atoms. The van der Waals surface area contributed by atoms with Gasteiger partial charge < -0.3 is 9.64 Å². The fraction of sp³-hybridized carbons (Fsp3) is 0.381. The molecule has 2 unspecified atom stereocenters. The molecule has 142 valence electrons. The van der Waals surface area contributed by atoms with E-state index in [1.807, 2.05) is 23.1 Å². The molecule has 2 aromatic rings. The van der Waals surface area contributed by atoms with E-state index in [4.69, 9.17) is 4.74 Å².